The Morgan fingerprint density at radius 1 is 0.974 bits per heavy atom. The third kappa shape index (κ3) is 5.36. The Labute approximate surface area is 242 Å². The standard InChI is InChI=1S/C31H41BrN4OSi2/c1-31(2,3)39(7,8)36-20-26(24-11-9-10-12-28(24)36)29-19-34-30(35(29)21-37-15-16-38(4,5)6)25-18-33-27-17-22(32)13-14-23(25)27/h9-14,17-20,33H,15-16,21H2,1-8H3. The number of hydrogen-bond acceptors (Lipinski definition) is 2. The summed E-state index contributed by atoms with van der Waals surface area (Å²) in [6.45, 7) is 20.5. The van der Waals surface area contributed by atoms with Crippen molar-refractivity contribution >= 4 is 54.0 Å². The first-order chi connectivity index (χ1) is 18.3. The second kappa shape index (κ2) is 10.2. The van der Waals surface area contributed by atoms with Crippen molar-refractivity contribution in [3.63, 3.8) is 0 Å². The number of fused-ring (bicyclic) bond motifs is 2. The minimum atomic E-state index is -1.86. The lowest BCUT2D eigenvalue weighted by molar-refractivity contribution is 0.0893. The van der Waals surface area contributed by atoms with Crippen LogP contribution in [-0.2, 0) is 11.5 Å². The molecule has 8 heteroatoms. The zero-order chi connectivity index (χ0) is 28.2. The van der Waals surface area contributed by atoms with Crippen molar-refractivity contribution in [2.24, 2.45) is 0 Å². The Hall–Kier alpha value is -2.40. The van der Waals surface area contributed by atoms with E-state index in [1.54, 1.807) is 0 Å². The maximum atomic E-state index is 6.37. The van der Waals surface area contributed by atoms with Crippen LogP contribution < -0.4 is 0 Å². The van der Waals surface area contributed by atoms with Crippen LogP contribution in [0.1, 0.15) is 20.8 Å². The molecule has 0 fully saturated rings. The Bertz CT molecular complexity index is 1630. The van der Waals surface area contributed by atoms with Crippen LogP contribution in [0.3, 0.4) is 0 Å². The third-order valence-corrected chi connectivity index (χ3v) is 15.8. The van der Waals surface area contributed by atoms with Crippen LogP contribution in [0.5, 0.6) is 0 Å². The fourth-order valence-electron chi connectivity index (χ4n) is 4.96. The minimum absolute atomic E-state index is 0.204. The maximum absolute atomic E-state index is 6.37. The smallest absolute Gasteiger partial charge is 0.161 e. The van der Waals surface area contributed by atoms with Crippen molar-refractivity contribution in [1.29, 1.82) is 0 Å². The van der Waals surface area contributed by atoms with Crippen molar-refractivity contribution in [3.8, 4) is 22.6 Å². The molecule has 1 N–H and O–H groups in total. The number of H-pyrrole nitrogens is 1. The number of nitrogens with one attached hydrogen (secondary N) is 1. The topological polar surface area (TPSA) is 47.8 Å². The van der Waals surface area contributed by atoms with Gasteiger partial charge >= 0.3 is 0 Å². The van der Waals surface area contributed by atoms with E-state index in [1.165, 1.54) is 16.5 Å². The zero-order valence-corrected chi connectivity index (χ0v) is 28.1. The Kier molecular flexibility index (Phi) is 7.37. The number of benzene rings is 2. The Morgan fingerprint density at radius 2 is 1.72 bits per heavy atom. The fraction of sp³-hybridized carbons (Fsp3) is 0.387. The highest BCUT2D eigenvalue weighted by Crippen LogP contribution is 2.42. The normalized spacial score (nSPS) is 13.2. The lowest BCUT2D eigenvalue weighted by Crippen LogP contribution is -2.44. The lowest BCUT2D eigenvalue weighted by atomic mass is 10.1. The van der Waals surface area contributed by atoms with Gasteiger partial charge in [-0.15, -0.1) is 0 Å². The summed E-state index contributed by atoms with van der Waals surface area (Å²) in [5.74, 6) is 0.927. The summed E-state index contributed by atoms with van der Waals surface area (Å²) in [5.41, 5.74) is 5.78. The zero-order valence-electron chi connectivity index (χ0n) is 24.5. The minimum Gasteiger partial charge on any atom is -0.373 e. The highest BCUT2D eigenvalue weighted by molar-refractivity contribution is 9.10. The van der Waals surface area contributed by atoms with Gasteiger partial charge in [-0.1, -0.05) is 93.7 Å². The van der Waals surface area contributed by atoms with Gasteiger partial charge in [0, 0.05) is 64.5 Å². The number of aromatic nitrogens is 4. The summed E-state index contributed by atoms with van der Waals surface area (Å²) in [5, 5.41) is 2.62. The van der Waals surface area contributed by atoms with Gasteiger partial charge in [0.2, 0.25) is 0 Å². The van der Waals surface area contributed by atoms with E-state index in [0.29, 0.717) is 6.73 Å². The quantitative estimate of drug-likeness (QED) is 0.139. The maximum Gasteiger partial charge on any atom is 0.161 e. The van der Waals surface area contributed by atoms with Crippen LogP contribution >= 0.6 is 15.9 Å². The number of nitrogens with zero attached hydrogens (tertiary/aromatic N) is 3. The third-order valence-electron chi connectivity index (χ3n) is 8.38. The molecular formula is C31H41BrN4OSi2. The first-order valence-electron chi connectivity index (χ1n) is 13.8. The first-order valence-corrected chi connectivity index (χ1v) is 21.2. The number of halogens is 1. The summed E-state index contributed by atoms with van der Waals surface area (Å²) in [4.78, 5) is 8.47. The first kappa shape index (κ1) is 28.1. The highest BCUT2D eigenvalue weighted by Gasteiger charge is 2.39. The SMILES string of the molecule is CC(C)(C)[Si](C)(C)n1cc(-c2cnc(-c3c[nH]c4cc(Br)ccc34)n2COCC[Si](C)(C)C)c2ccccc21. The highest BCUT2D eigenvalue weighted by atomic mass is 79.9. The molecule has 0 saturated heterocycles. The Balaban J connectivity index is 1.67. The number of imidazole rings is 1. The van der Waals surface area contributed by atoms with Crippen molar-refractivity contribution in [2.75, 3.05) is 6.61 Å². The fourth-order valence-corrected chi connectivity index (χ4v) is 8.05. The molecular weight excluding hydrogens is 580 g/mol. The van der Waals surface area contributed by atoms with E-state index in [9.17, 15) is 0 Å². The van der Waals surface area contributed by atoms with Crippen molar-refractivity contribution in [1.82, 2.24) is 18.8 Å². The predicted molar refractivity (Wildman–Crippen MR) is 175 cm³/mol. The molecule has 0 saturated carbocycles. The van der Waals surface area contributed by atoms with Gasteiger partial charge in [-0.2, -0.15) is 0 Å². The second-order valence-corrected chi connectivity index (χ2v) is 25.0. The monoisotopic (exact) mass is 620 g/mol. The average molecular weight is 622 g/mol. The van der Waals surface area contributed by atoms with Gasteiger partial charge in [-0.05, 0) is 29.3 Å². The van der Waals surface area contributed by atoms with Crippen LogP contribution in [0.25, 0.3) is 44.5 Å². The molecule has 0 aliphatic heterocycles. The molecule has 0 spiro atoms. The van der Waals surface area contributed by atoms with E-state index in [1.807, 2.05) is 6.20 Å². The van der Waals surface area contributed by atoms with Crippen molar-refractivity contribution in [3.05, 3.63) is 65.5 Å². The summed E-state index contributed by atoms with van der Waals surface area (Å²) in [7, 11) is -3.06. The van der Waals surface area contributed by atoms with Crippen LogP contribution in [0.15, 0.2) is 65.5 Å². The molecule has 0 aliphatic carbocycles. The molecule has 5 rings (SSSR count). The molecule has 2 aromatic carbocycles. The number of rotatable bonds is 8. The molecule has 0 aliphatic rings. The van der Waals surface area contributed by atoms with E-state index < -0.39 is 16.3 Å². The molecule has 5 aromatic rings. The number of aromatic amines is 1. The van der Waals surface area contributed by atoms with Crippen LogP contribution in [0, 0.1) is 0 Å². The molecule has 5 nitrogen and oxygen atoms in total. The predicted octanol–water partition coefficient (Wildman–Crippen LogP) is 9.58. The van der Waals surface area contributed by atoms with Gasteiger partial charge in [-0.25, -0.2) is 4.98 Å². The van der Waals surface area contributed by atoms with E-state index in [4.69, 9.17) is 9.72 Å². The molecule has 206 valence electrons. The largest absolute Gasteiger partial charge is 0.373 e. The molecule has 0 bridgehead atoms. The molecule has 3 aromatic heterocycles. The summed E-state index contributed by atoms with van der Waals surface area (Å²) in [6.07, 6.45) is 6.49. The number of para-hydroxylation sites is 1. The van der Waals surface area contributed by atoms with Crippen LogP contribution in [0.4, 0.5) is 0 Å². The van der Waals surface area contributed by atoms with E-state index in [-0.39, 0.29) is 5.04 Å². The van der Waals surface area contributed by atoms with Crippen molar-refractivity contribution in [2.45, 2.75) is 71.3 Å². The number of ether oxygens (including phenoxy) is 1. The molecule has 0 radical (unpaired) electrons. The van der Waals surface area contributed by atoms with E-state index in [2.05, 4.69) is 138 Å². The van der Waals surface area contributed by atoms with E-state index in [0.717, 1.165) is 45.1 Å². The van der Waals surface area contributed by atoms with Crippen LogP contribution in [-0.4, -0.2) is 41.7 Å². The van der Waals surface area contributed by atoms with E-state index >= 15 is 0 Å². The van der Waals surface area contributed by atoms with Gasteiger partial charge in [-0.3, -0.25) is 4.57 Å². The molecule has 0 atom stereocenters. The second-order valence-electron chi connectivity index (χ2n) is 13.4. The van der Waals surface area contributed by atoms with Crippen LogP contribution in [0.2, 0.25) is 43.8 Å². The van der Waals surface area contributed by atoms with Gasteiger partial charge in [0.1, 0.15) is 12.6 Å². The summed E-state index contributed by atoms with van der Waals surface area (Å²) >= 11 is 3.60. The van der Waals surface area contributed by atoms with Gasteiger partial charge in [0.05, 0.1) is 11.9 Å². The molecule has 3 heterocycles. The lowest BCUT2D eigenvalue weighted by Gasteiger charge is -2.38. The Morgan fingerprint density at radius 3 is 2.44 bits per heavy atom. The molecule has 0 unspecified atom stereocenters. The summed E-state index contributed by atoms with van der Waals surface area (Å²) in [6, 6.07) is 16.3. The summed E-state index contributed by atoms with van der Waals surface area (Å²) < 4.78 is 12.3. The molecule has 39 heavy (non-hydrogen) atoms. The number of hydrogen-bond donors (Lipinski definition) is 1. The van der Waals surface area contributed by atoms with Crippen molar-refractivity contribution < 1.29 is 4.74 Å². The van der Waals surface area contributed by atoms with Gasteiger partial charge < -0.3 is 14.0 Å². The van der Waals surface area contributed by atoms with Gasteiger partial charge in [0.15, 0.2) is 8.24 Å². The van der Waals surface area contributed by atoms with Gasteiger partial charge in [0.25, 0.3) is 0 Å². The average Bonchev–Trinajstić information content (AvgIpc) is 3.55. The molecule has 0 amide bonds.